The minimum absolute atomic E-state index is 0.188. The lowest BCUT2D eigenvalue weighted by atomic mass is 9.46. The molecule has 6 rings (SSSR count). The number of carbonyl (C=O) groups is 2. The molecule has 6 aliphatic carbocycles. The first-order valence-electron chi connectivity index (χ1n) is 11.0. The summed E-state index contributed by atoms with van der Waals surface area (Å²) in [5.41, 5.74) is 3.50. The molecule has 0 aromatic rings. The predicted molar refractivity (Wildman–Crippen MR) is 102 cm³/mol. The molecule has 27 heavy (non-hydrogen) atoms. The zero-order valence-corrected chi connectivity index (χ0v) is 16.4. The second kappa shape index (κ2) is 4.96. The van der Waals surface area contributed by atoms with Gasteiger partial charge in [-0.15, -0.1) is 0 Å². The molecule has 0 aliphatic heterocycles. The summed E-state index contributed by atoms with van der Waals surface area (Å²) in [5, 5.41) is 9.20. The van der Waals surface area contributed by atoms with Crippen molar-refractivity contribution in [3.63, 3.8) is 0 Å². The molecular formula is C24H30O3. The molecular weight excluding hydrogens is 336 g/mol. The standard InChI is InChI=1S/C24H30O3/c1-23-7-5-12(25)9-19(23)13-10-15(13)21-18(23)6-8-24(2)17(3-4-20(26)27)14-11-16(14)22(21)24/h3,9,13-16,18,21-22H,4-8,10-11H2,1-2H3,(H,26,27)/b17-3+. The van der Waals surface area contributed by atoms with E-state index in [4.69, 9.17) is 0 Å². The maximum absolute atomic E-state index is 12.1. The molecule has 6 aliphatic rings. The predicted octanol–water partition coefficient (Wildman–Crippen LogP) is 4.63. The average molecular weight is 367 g/mol. The van der Waals surface area contributed by atoms with Gasteiger partial charge in [-0.05, 0) is 90.4 Å². The Labute approximate surface area is 161 Å². The fraction of sp³-hybridized carbons (Fsp3) is 0.750. The normalized spacial score (nSPS) is 55.6. The third kappa shape index (κ3) is 1.99. The summed E-state index contributed by atoms with van der Waals surface area (Å²) in [4.78, 5) is 23.3. The van der Waals surface area contributed by atoms with Crippen LogP contribution in [0.1, 0.15) is 58.8 Å². The van der Waals surface area contributed by atoms with Gasteiger partial charge < -0.3 is 5.11 Å². The zero-order chi connectivity index (χ0) is 18.7. The second-order valence-electron chi connectivity index (χ2n) is 10.9. The van der Waals surface area contributed by atoms with E-state index in [9.17, 15) is 14.7 Å². The molecule has 0 aromatic heterocycles. The van der Waals surface area contributed by atoms with E-state index >= 15 is 0 Å². The first-order chi connectivity index (χ1) is 12.8. The van der Waals surface area contributed by atoms with Crippen molar-refractivity contribution >= 4 is 11.8 Å². The number of carboxylic acids is 1. The monoisotopic (exact) mass is 366 g/mol. The van der Waals surface area contributed by atoms with Crippen molar-refractivity contribution in [2.24, 2.45) is 52.3 Å². The van der Waals surface area contributed by atoms with Gasteiger partial charge in [0, 0.05) is 6.42 Å². The number of rotatable bonds is 2. The number of allylic oxidation sites excluding steroid dienone is 2. The van der Waals surface area contributed by atoms with Crippen LogP contribution in [0.3, 0.4) is 0 Å². The summed E-state index contributed by atoms with van der Waals surface area (Å²) in [6.07, 6.45) is 11.2. The molecule has 0 spiro atoms. The molecule has 1 N–H and O–H groups in total. The number of ketones is 1. The van der Waals surface area contributed by atoms with Crippen LogP contribution in [0.25, 0.3) is 0 Å². The molecule has 5 saturated carbocycles. The van der Waals surface area contributed by atoms with E-state index in [0.29, 0.717) is 17.6 Å². The van der Waals surface area contributed by atoms with Crippen LogP contribution in [0.4, 0.5) is 0 Å². The molecule has 3 nitrogen and oxygen atoms in total. The van der Waals surface area contributed by atoms with Gasteiger partial charge in [-0.1, -0.05) is 31.1 Å². The largest absolute Gasteiger partial charge is 0.481 e. The SMILES string of the molecule is CC12CCC(=O)C=C1C1CC1C1C2CCC2(C)/C(=C/CC(=O)O)C3CC3C12. The van der Waals surface area contributed by atoms with Gasteiger partial charge in [-0.2, -0.15) is 0 Å². The molecule has 0 heterocycles. The first-order valence-corrected chi connectivity index (χ1v) is 11.0. The number of carboxylic acid groups (broad SMARTS) is 1. The van der Waals surface area contributed by atoms with E-state index in [1.807, 2.05) is 6.08 Å². The van der Waals surface area contributed by atoms with Gasteiger partial charge in [0.1, 0.15) is 0 Å². The van der Waals surface area contributed by atoms with Crippen LogP contribution in [-0.2, 0) is 9.59 Å². The van der Waals surface area contributed by atoms with Crippen molar-refractivity contribution in [3.05, 3.63) is 23.3 Å². The fourth-order valence-electron chi connectivity index (χ4n) is 8.73. The Morgan fingerprint density at radius 1 is 1.19 bits per heavy atom. The maximum Gasteiger partial charge on any atom is 0.307 e. The molecule has 0 saturated heterocycles. The van der Waals surface area contributed by atoms with Crippen LogP contribution in [0, 0.1) is 52.3 Å². The van der Waals surface area contributed by atoms with Crippen LogP contribution in [0.15, 0.2) is 23.3 Å². The number of fused-ring (bicyclic) bond motifs is 10. The van der Waals surface area contributed by atoms with Crippen molar-refractivity contribution in [2.75, 3.05) is 0 Å². The summed E-state index contributed by atoms with van der Waals surface area (Å²) in [7, 11) is 0. The highest BCUT2D eigenvalue weighted by Crippen LogP contribution is 2.79. The average Bonchev–Trinajstić information content (AvgIpc) is 3.50. The zero-order valence-electron chi connectivity index (χ0n) is 16.4. The van der Waals surface area contributed by atoms with Gasteiger partial charge in [-0.3, -0.25) is 9.59 Å². The van der Waals surface area contributed by atoms with Crippen molar-refractivity contribution < 1.29 is 14.7 Å². The van der Waals surface area contributed by atoms with Crippen LogP contribution < -0.4 is 0 Å². The highest BCUT2D eigenvalue weighted by atomic mass is 16.4. The van der Waals surface area contributed by atoms with E-state index < -0.39 is 5.97 Å². The van der Waals surface area contributed by atoms with E-state index in [1.54, 1.807) is 0 Å². The quantitative estimate of drug-likeness (QED) is 0.725. The van der Waals surface area contributed by atoms with Gasteiger partial charge >= 0.3 is 5.97 Å². The molecule has 0 aromatic carbocycles. The summed E-state index contributed by atoms with van der Waals surface area (Å²) in [6, 6.07) is 0. The number of carbonyl (C=O) groups excluding carboxylic acids is 1. The van der Waals surface area contributed by atoms with Crippen LogP contribution in [0.5, 0.6) is 0 Å². The van der Waals surface area contributed by atoms with Gasteiger partial charge in [0.15, 0.2) is 5.78 Å². The molecule has 0 radical (unpaired) electrons. The highest BCUT2D eigenvalue weighted by molar-refractivity contribution is 5.92. The summed E-state index contributed by atoms with van der Waals surface area (Å²) < 4.78 is 0. The van der Waals surface area contributed by atoms with Gasteiger partial charge in [0.05, 0.1) is 6.42 Å². The van der Waals surface area contributed by atoms with Crippen LogP contribution in [0.2, 0.25) is 0 Å². The van der Waals surface area contributed by atoms with Crippen molar-refractivity contribution in [1.29, 1.82) is 0 Å². The Morgan fingerprint density at radius 3 is 2.74 bits per heavy atom. The number of aliphatic carboxylic acids is 1. The summed E-state index contributed by atoms with van der Waals surface area (Å²) in [5.74, 6) is 4.90. The van der Waals surface area contributed by atoms with E-state index in [-0.39, 0.29) is 17.3 Å². The Hall–Kier alpha value is -1.38. The minimum atomic E-state index is -0.700. The molecule has 3 heteroatoms. The van der Waals surface area contributed by atoms with Crippen molar-refractivity contribution in [2.45, 2.75) is 58.8 Å². The van der Waals surface area contributed by atoms with Gasteiger partial charge in [0.25, 0.3) is 0 Å². The molecule has 9 unspecified atom stereocenters. The van der Waals surface area contributed by atoms with Gasteiger partial charge in [-0.25, -0.2) is 0 Å². The Kier molecular flexibility index (Phi) is 3.04. The number of hydrogen-bond acceptors (Lipinski definition) is 2. The maximum atomic E-state index is 12.1. The second-order valence-corrected chi connectivity index (χ2v) is 10.9. The molecule has 0 bridgehead atoms. The smallest absolute Gasteiger partial charge is 0.307 e. The van der Waals surface area contributed by atoms with Gasteiger partial charge in [0.2, 0.25) is 0 Å². The Morgan fingerprint density at radius 2 is 1.96 bits per heavy atom. The number of hydrogen-bond donors (Lipinski definition) is 1. The highest BCUT2D eigenvalue weighted by Gasteiger charge is 2.72. The first kappa shape index (κ1) is 16.6. The molecule has 5 fully saturated rings. The minimum Gasteiger partial charge on any atom is -0.481 e. The lowest BCUT2D eigenvalue weighted by molar-refractivity contribution is -0.136. The van der Waals surface area contributed by atoms with E-state index in [2.05, 4.69) is 19.9 Å². The lowest BCUT2D eigenvalue weighted by Gasteiger charge is -2.58. The van der Waals surface area contributed by atoms with E-state index in [1.165, 1.54) is 36.8 Å². The summed E-state index contributed by atoms with van der Waals surface area (Å²) >= 11 is 0. The van der Waals surface area contributed by atoms with Crippen molar-refractivity contribution in [1.82, 2.24) is 0 Å². The third-order valence-electron chi connectivity index (χ3n) is 9.86. The third-order valence-corrected chi connectivity index (χ3v) is 9.86. The topological polar surface area (TPSA) is 54.4 Å². The summed E-state index contributed by atoms with van der Waals surface area (Å²) in [6.45, 7) is 4.93. The fourth-order valence-corrected chi connectivity index (χ4v) is 8.73. The molecule has 144 valence electrons. The lowest BCUT2D eigenvalue weighted by Crippen LogP contribution is -2.51. The van der Waals surface area contributed by atoms with E-state index in [0.717, 1.165) is 42.4 Å². The molecule has 0 amide bonds. The molecule has 9 atom stereocenters. The Balaban J connectivity index is 1.40. The van der Waals surface area contributed by atoms with Crippen molar-refractivity contribution in [3.8, 4) is 0 Å². The van der Waals surface area contributed by atoms with Crippen LogP contribution in [-0.4, -0.2) is 16.9 Å². The Bertz CT molecular complexity index is 821. The van der Waals surface area contributed by atoms with Crippen LogP contribution >= 0.6 is 0 Å².